The molecule has 0 unspecified atom stereocenters. The van der Waals surface area contributed by atoms with Gasteiger partial charge in [-0.25, -0.2) is 13.6 Å². The van der Waals surface area contributed by atoms with Gasteiger partial charge in [0.2, 0.25) is 41.4 Å². The summed E-state index contributed by atoms with van der Waals surface area (Å²) in [5.41, 5.74) is 6.83. The predicted molar refractivity (Wildman–Crippen MR) is 271 cm³/mol. The van der Waals surface area contributed by atoms with Crippen molar-refractivity contribution in [2.75, 3.05) is 19.7 Å². The van der Waals surface area contributed by atoms with Crippen molar-refractivity contribution in [3.8, 4) is 11.1 Å². The molecule has 0 bridgehead atoms. The van der Waals surface area contributed by atoms with E-state index in [1.165, 1.54) is 31.1 Å². The van der Waals surface area contributed by atoms with Crippen molar-refractivity contribution in [1.29, 1.82) is 0 Å². The molecule has 0 aliphatic carbocycles. The van der Waals surface area contributed by atoms with Crippen molar-refractivity contribution in [2.45, 2.75) is 116 Å². The lowest BCUT2D eigenvalue weighted by Crippen LogP contribution is -2.56. The molecule has 5 atom stereocenters. The predicted octanol–water partition coefficient (Wildman–Crippen LogP) is 1.78. The fourth-order valence-corrected chi connectivity index (χ4v) is 8.42. The average Bonchev–Trinajstić information content (AvgIpc) is 3.94. The monoisotopic (exact) mass is 1070 g/mol. The first-order valence-corrected chi connectivity index (χ1v) is 24.8. The van der Waals surface area contributed by atoms with Crippen LogP contribution >= 0.6 is 0 Å². The number of imide groups is 1. The number of nitrogens with two attached hydrogens (primary N) is 1. The topological polar surface area (TPSA) is 311 Å². The molecular weight excluding hydrogens is 1010 g/mol. The molecule has 77 heavy (non-hydrogen) atoms. The van der Waals surface area contributed by atoms with Gasteiger partial charge >= 0.3 is 5.97 Å². The number of carbonyl (C=O) groups is 10. The number of hydrogen-bond donors (Lipinski definition) is 7. The van der Waals surface area contributed by atoms with Crippen LogP contribution in [0.5, 0.6) is 0 Å². The van der Waals surface area contributed by atoms with Crippen molar-refractivity contribution in [3.63, 3.8) is 0 Å². The van der Waals surface area contributed by atoms with E-state index in [1.807, 2.05) is 30.3 Å². The first kappa shape index (κ1) is 59.5. The smallest absolute Gasteiger partial charge is 0.333 e. The Morgan fingerprint density at radius 3 is 2.09 bits per heavy atom. The van der Waals surface area contributed by atoms with E-state index in [2.05, 4.69) is 31.6 Å². The molecule has 2 aromatic carbocycles. The zero-order valence-corrected chi connectivity index (χ0v) is 43.3. The molecule has 8 N–H and O–H groups in total. The summed E-state index contributed by atoms with van der Waals surface area (Å²) in [6, 6.07) is 10.4. The van der Waals surface area contributed by atoms with Crippen LogP contribution in [0.25, 0.3) is 11.1 Å². The van der Waals surface area contributed by atoms with Gasteiger partial charge in [-0.2, -0.15) is 0 Å². The third-order valence-corrected chi connectivity index (χ3v) is 12.3. The number of pyridine rings is 1. The summed E-state index contributed by atoms with van der Waals surface area (Å²) >= 11 is 0. The van der Waals surface area contributed by atoms with Crippen LogP contribution in [-0.2, 0) is 65.7 Å². The highest BCUT2D eigenvalue weighted by molar-refractivity contribution is 6.01. The van der Waals surface area contributed by atoms with E-state index in [0.29, 0.717) is 16.3 Å². The lowest BCUT2D eigenvalue weighted by molar-refractivity contribution is -0.197. The standard InChI is InChI=1S/C53H64F2N10O12/c1-31(59-42(67)24-33-17-21-57-22-18-33)50(74)60-32(2)51(75)62-40(49(56)73)27-43(68)61-39(52(76)58-20-9-12-47(72)77-65-44(69)15-16-45(65)70)19-23-64(46(71)30-66)48(53(3,4)5)41-25-35(37-26-36(54)13-14-38(37)55)29-63(41)28-34-10-7-6-8-11-34/h6-8,10-11,13-14,17-18,21-22,25-26,29,31-32,39-40,48,66H,9,12,15-16,19-20,23-24,27-28,30H2,1-5H3,(H2,56,73)(H,58,76)(H,59,67)(H,60,74)(H,61,68)(H,62,75)/t31-,32-,39-,40-,48-/m0/s1. The second-order valence-corrected chi connectivity index (χ2v) is 19.5. The molecule has 0 radical (unpaired) electrons. The summed E-state index contributed by atoms with van der Waals surface area (Å²) in [5.74, 6) is -9.73. The van der Waals surface area contributed by atoms with Crippen LogP contribution in [-0.4, -0.2) is 128 Å². The quantitative estimate of drug-likeness (QED) is 0.0349. The fraction of sp³-hybridized carbons (Fsp3) is 0.415. The van der Waals surface area contributed by atoms with Gasteiger partial charge in [0.25, 0.3) is 11.8 Å². The van der Waals surface area contributed by atoms with Gasteiger partial charge in [-0.1, -0.05) is 51.1 Å². The SMILES string of the molecule is C[C@H](NC(=O)Cc1ccncc1)C(=O)N[C@@H](C)C(=O)N[C@@H](CC(=O)N[C@@H](CCN(C(=O)CO)[C@@H](c1cc(-c2cc(F)ccc2F)cn1Cc1ccccc1)C(C)(C)C)C(=O)NCCCC(=O)ON1C(=O)CCC1=O)C(N)=O. The molecule has 2 aromatic heterocycles. The average molecular weight is 1070 g/mol. The minimum Gasteiger partial charge on any atom is -0.387 e. The second kappa shape index (κ2) is 27.4. The van der Waals surface area contributed by atoms with E-state index in [1.54, 1.807) is 49.7 Å². The van der Waals surface area contributed by atoms with Gasteiger partial charge in [-0.05, 0) is 79.6 Å². The van der Waals surface area contributed by atoms with Gasteiger partial charge in [0.05, 0.1) is 18.9 Å². The Hall–Kier alpha value is -8.41. The zero-order valence-electron chi connectivity index (χ0n) is 43.3. The fourth-order valence-electron chi connectivity index (χ4n) is 8.42. The van der Waals surface area contributed by atoms with Crippen molar-refractivity contribution in [2.24, 2.45) is 11.1 Å². The third-order valence-electron chi connectivity index (χ3n) is 12.3. The maximum absolute atomic E-state index is 15.4. The summed E-state index contributed by atoms with van der Waals surface area (Å²) < 4.78 is 31.7. The maximum Gasteiger partial charge on any atom is 0.333 e. The molecule has 24 heteroatoms. The van der Waals surface area contributed by atoms with Crippen LogP contribution in [0, 0.1) is 17.0 Å². The Labute approximate surface area is 442 Å². The number of aliphatic hydroxyl groups excluding tert-OH is 1. The Morgan fingerprint density at radius 2 is 1.45 bits per heavy atom. The normalized spacial score (nSPS) is 14.3. The first-order chi connectivity index (χ1) is 36.4. The molecule has 0 spiro atoms. The van der Waals surface area contributed by atoms with Gasteiger partial charge in [0.15, 0.2) is 0 Å². The van der Waals surface area contributed by atoms with Crippen molar-refractivity contribution in [3.05, 3.63) is 114 Å². The third kappa shape index (κ3) is 17.3. The number of amides is 9. The number of hydrogen-bond acceptors (Lipinski definition) is 13. The molecule has 412 valence electrons. The number of aromatic nitrogens is 2. The van der Waals surface area contributed by atoms with Crippen LogP contribution in [0.4, 0.5) is 8.78 Å². The lowest BCUT2D eigenvalue weighted by atomic mass is 9.82. The lowest BCUT2D eigenvalue weighted by Gasteiger charge is -2.41. The van der Waals surface area contributed by atoms with Gasteiger partial charge in [-0.3, -0.25) is 48.1 Å². The number of aliphatic hydroxyl groups is 1. The van der Waals surface area contributed by atoms with Gasteiger partial charge in [-0.15, -0.1) is 5.06 Å². The van der Waals surface area contributed by atoms with Crippen molar-refractivity contribution >= 4 is 59.1 Å². The minimum atomic E-state index is -1.70. The Morgan fingerprint density at radius 1 is 0.805 bits per heavy atom. The molecule has 4 aromatic rings. The van der Waals surface area contributed by atoms with Crippen molar-refractivity contribution < 1.29 is 66.7 Å². The maximum atomic E-state index is 15.4. The van der Waals surface area contributed by atoms with E-state index in [4.69, 9.17) is 10.6 Å². The molecule has 1 aliphatic rings. The van der Waals surface area contributed by atoms with Gasteiger partial charge in [0.1, 0.15) is 42.4 Å². The number of primary amides is 1. The summed E-state index contributed by atoms with van der Waals surface area (Å²) in [6.07, 6.45) is 2.71. The Kier molecular flexibility index (Phi) is 21.2. The van der Waals surface area contributed by atoms with E-state index in [0.717, 1.165) is 23.8 Å². The number of hydroxylamine groups is 2. The molecular formula is C53H64F2N10O12. The molecule has 22 nitrogen and oxygen atoms in total. The first-order valence-electron chi connectivity index (χ1n) is 24.8. The highest BCUT2D eigenvalue weighted by Crippen LogP contribution is 2.41. The number of nitrogens with one attached hydrogen (secondary N) is 5. The zero-order chi connectivity index (χ0) is 56.6. The largest absolute Gasteiger partial charge is 0.387 e. The number of nitrogens with zero attached hydrogens (tertiary/aromatic N) is 4. The van der Waals surface area contributed by atoms with Crippen LogP contribution < -0.4 is 32.3 Å². The van der Waals surface area contributed by atoms with E-state index in [-0.39, 0.29) is 69.3 Å². The van der Waals surface area contributed by atoms with E-state index >= 15 is 4.39 Å². The summed E-state index contributed by atoms with van der Waals surface area (Å²) in [5, 5.41) is 23.2. The molecule has 1 saturated heterocycles. The van der Waals surface area contributed by atoms with E-state index in [9.17, 15) is 57.4 Å². The molecule has 1 fully saturated rings. The van der Waals surface area contributed by atoms with Crippen LogP contribution in [0.2, 0.25) is 0 Å². The summed E-state index contributed by atoms with van der Waals surface area (Å²) in [6.45, 7) is 6.72. The summed E-state index contributed by atoms with van der Waals surface area (Å²) in [4.78, 5) is 140. The van der Waals surface area contributed by atoms with Crippen LogP contribution in [0.1, 0.15) is 96.0 Å². The number of halogens is 2. The van der Waals surface area contributed by atoms with E-state index < -0.39 is 119 Å². The Balaban J connectivity index is 1.36. The highest BCUT2D eigenvalue weighted by atomic mass is 19.1. The number of benzene rings is 2. The molecule has 1 aliphatic heterocycles. The number of carbonyl (C=O) groups excluding carboxylic acids is 10. The minimum absolute atomic E-state index is 0.0473. The highest BCUT2D eigenvalue weighted by Gasteiger charge is 2.39. The van der Waals surface area contributed by atoms with Gasteiger partial charge < -0.3 is 51.7 Å². The van der Waals surface area contributed by atoms with Crippen LogP contribution in [0.15, 0.2) is 85.3 Å². The number of rotatable bonds is 26. The summed E-state index contributed by atoms with van der Waals surface area (Å²) in [7, 11) is 0. The van der Waals surface area contributed by atoms with Gasteiger partial charge in [0, 0.05) is 74.3 Å². The second-order valence-electron chi connectivity index (χ2n) is 19.5. The molecule has 0 saturated carbocycles. The molecule has 5 rings (SSSR count). The Bertz CT molecular complexity index is 2790. The van der Waals surface area contributed by atoms with Crippen LogP contribution in [0.3, 0.4) is 0 Å². The molecule has 9 amide bonds. The molecule has 3 heterocycles. The van der Waals surface area contributed by atoms with Crippen molar-refractivity contribution in [1.82, 2.24) is 46.1 Å².